The zero-order valence-corrected chi connectivity index (χ0v) is 17.8. The van der Waals surface area contributed by atoms with Gasteiger partial charge in [-0.25, -0.2) is 0 Å². The van der Waals surface area contributed by atoms with Gasteiger partial charge in [0.1, 0.15) is 5.84 Å². The molecule has 5 heteroatoms. The lowest BCUT2D eigenvalue weighted by atomic mass is 10.0. The Labute approximate surface area is 179 Å². The van der Waals surface area contributed by atoms with Crippen molar-refractivity contribution < 1.29 is 4.79 Å². The normalized spacial score (nSPS) is 22.0. The molecular weight excluding hydrogens is 372 g/mol. The van der Waals surface area contributed by atoms with E-state index < -0.39 is 0 Å². The average molecular weight is 403 g/mol. The van der Waals surface area contributed by atoms with Crippen LogP contribution in [-0.2, 0) is 11.3 Å². The molecule has 3 heterocycles. The van der Waals surface area contributed by atoms with E-state index in [1.165, 1.54) is 22.4 Å². The van der Waals surface area contributed by atoms with Gasteiger partial charge in [0.15, 0.2) is 0 Å². The summed E-state index contributed by atoms with van der Waals surface area (Å²) in [5.74, 6) is 1.25. The monoisotopic (exact) mass is 402 g/mol. The van der Waals surface area contributed by atoms with E-state index in [4.69, 9.17) is 4.99 Å². The molecule has 0 unspecified atom stereocenters. The Hall–Kier alpha value is -2.66. The van der Waals surface area contributed by atoms with Crippen molar-refractivity contribution in [3.05, 3.63) is 70.5 Å². The van der Waals surface area contributed by atoms with E-state index in [1.807, 2.05) is 4.90 Å². The van der Waals surface area contributed by atoms with Gasteiger partial charge in [0.25, 0.3) is 5.91 Å². The molecule has 1 aliphatic carbocycles. The van der Waals surface area contributed by atoms with Crippen LogP contribution in [0.15, 0.2) is 64.3 Å². The van der Waals surface area contributed by atoms with Crippen LogP contribution >= 0.6 is 0 Å². The van der Waals surface area contributed by atoms with Crippen molar-refractivity contribution in [3.8, 4) is 0 Å². The molecule has 0 aromatic heterocycles. The van der Waals surface area contributed by atoms with E-state index in [2.05, 4.69) is 59.2 Å². The minimum Gasteiger partial charge on any atom is -0.330 e. The maximum Gasteiger partial charge on any atom is 0.253 e. The molecule has 5 nitrogen and oxygen atoms in total. The number of aryl methyl sites for hydroxylation is 1. The molecule has 3 aliphatic heterocycles. The van der Waals surface area contributed by atoms with Crippen LogP contribution in [0.2, 0.25) is 0 Å². The van der Waals surface area contributed by atoms with Gasteiger partial charge in [-0.15, -0.1) is 0 Å². The van der Waals surface area contributed by atoms with E-state index in [0.29, 0.717) is 13.1 Å². The molecule has 0 N–H and O–H groups in total. The van der Waals surface area contributed by atoms with Crippen molar-refractivity contribution in [2.45, 2.75) is 32.7 Å². The first kappa shape index (κ1) is 19.3. The third kappa shape index (κ3) is 3.74. The summed E-state index contributed by atoms with van der Waals surface area (Å²) in [4.78, 5) is 25.2. The molecule has 1 amide bonds. The highest BCUT2D eigenvalue weighted by Crippen LogP contribution is 2.30. The molecule has 1 aromatic rings. The maximum absolute atomic E-state index is 13.7. The summed E-state index contributed by atoms with van der Waals surface area (Å²) in [5.41, 5.74) is 6.02. The number of nitrogens with zero attached hydrogens (tertiary/aromatic N) is 4. The summed E-state index contributed by atoms with van der Waals surface area (Å²) in [6, 6.07) is 8.37. The number of hydrogen-bond donors (Lipinski definition) is 0. The van der Waals surface area contributed by atoms with Crippen LogP contribution in [0.1, 0.15) is 30.4 Å². The third-order valence-electron chi connectivity index (χ3n) is 6.63. The van der Waals surface area contributed by atoms with Crippen LogP contribution < -0.4 is 0 Å². The van der Waals surface area contributed by atoms with Gasteiger partial charge in [-0.2, -0.15) is 0 Å². The predicted octanol–water partition coefficient (Wildman–Crippen LogP) is 3.29. The average Bonchev–Trinajstić information content (AvgIpc) is 3.19. The minimum atomic E-state index is 0.184. The van der Waals surface area contributed by atoms with Gasteiger partial charge in [-0.05, 0) is 36.5 Å². The summed E-state index contributed by atoms with van der Waals surface area (Å²) in [5, 5.41) is 0. The third-order valence-corrected chi connectivity index (χ3v) is 6.63. The summed E-state index contributed by atoms with van der Waals surface area (Å²) < 4.78 is 0. The molecule has 0 saturated carbocycles. The van der Waals surface area contributed by atoms with Gasteiger partial charge in [0.2, 0.25) is 0 Å². The van der Waals surface area contributed by atoms with Crippen molar-refractivity contribution in [1.82, 2.24) is 14.7 Å². The number of fused-ring (bicyclic) bond motifs is 2. The van der Waals surface area contributed by atoms with E-state index in [-0.39, 0.29) is 5.91 Å². The van der Waals surface area contributed by atoms with E-state index in [1.54, 1.807) is 0 Å². The van der Waals surface area contributed by atoms with E-state index in [9.17, 15) is 4.79 Å². The molecular formula is C25H30N4O. The van der Waals surface area contributed by atoms with Crippen LogP contribution in [0, 0.1) is 6.92 Å². The van der Waals surface area contributed by atoms with Crippen LogP contribution in [0.5, 0.6) is 0 Å². The summed E-state index contributed by atoms with van der Waals surface area (Å²) in [6.07, 6.45) is 10.0. The number of benzene rings is 1. The standard InChI is InChI=1S/C25H30N4O/c1-19-7-5-6-10-21(19)16-28-18-24-26-12-14-29(24)23-11-13-27(17-22(23)25(28)30)15-20-8-3-2-4-9-20/h3,5-10H,2,4,11-18H2,1H3. The number of carbonyl (C=O) groups is 1. The molecule has 0 spiro atoms. The smallest absolute Gasteiger partial charge is 0.253 e. The topological polar surface area (TPSA) is 39.1 Å². The number of amidine groups is 1. The largest absolute Gasteiger partial charge is 0.330 e. The molecule has 0 fully saturated rings. The van der Waals surface area contributed by atoms with Crippen molar-refractivity contribution >= 4 is 11.7 Å². The molecule has 30 heavy (non-hydrogen) atoms. The van der Waals surface area contributed by atoms with Crippen molar-refractivity contribution in [1.29, 1.82) is 0 Å². The molecule has 4 aliphatic rings. The number of amides is 1. The van der Waals surface area contributed by atoms with Crippen molar-refractivity contribution in [2.75, 3.05) is 39.3 Å². The first-order valence-corrected chi connectivity index (χ1v) is 11.1. The fourth-order valence-corrected chi connectivity index (χ4v) is 4.95. The molecule has 5 rings (SSSR count). The number of rotatable bonds is 4. The summed E-state index contributed by atoms with van der Waals surface area (Å²) >= 11 is 0. The second-order valence-electron chi connectivity index (χ2n) is 8.68. The van der Waals surface area contributed by atoms with Crippen molar-refractivity contribution in [3.63, 3.8) is 0 Å². The van der Waals surface area contributed by atoms with Crippen molar-refractivity contribution in [2.24, 2.45) is 4.99 Å². The zero-order valence-electron chi connectivity index (χ0n) is 17.8. The molecule has 1 aromatic carbocycles. The lowest BCUT2D eigenvalue weighted by Gasteiger charge is -2.33. The Morgan fingerprint density at radius 3 is 2.80 bits per heavy atom. The first-order chi connectivity index (χ1) is 14.7. The fourth-order valence-electron chi connectivity index (χ4n) is 4.95. The highest BCUT2D eigenvalue weighted by Gasteiger charge is 2.37. The van der Waals surface area contributed by atoms with E-state index in [0.717, 1.165) is 63.4 Å². The van der Waals surface area contributed by atoms with Crippen LogP contribution in [0.3, 0.4) is 0 Å². The Balaban J connectivity index is 1.41. The number of carbonyl (C=O) groups excluding carboxylic acids is 1. The van der Waals surface area contributed by atoms with Gasteiger partial charge in [0, 0.05) is 44.8 Å². The van der Waals surface area contributed by atoms with Gasteiger partial charge < -0.3 is 9.80 Å². The van der Waals surface area contributed by atoms with Gasteiger partial charge in [-0.1, -0.05) is 42.5 Å². The molecule has 0 atom stereocenters. The highest BCUT2D eigenvalue weighted by molar-refractivity contribution is 6.01. The predicted molar refractivity (Wildman–Crippen MR) is 120 cm³/mol. The Morgan fingerprint density at radius 2 is 1.97 bits per heavy atom. The Bertz CT molecular complexity index is 971. The number of aliphatic imine (C=N–C) groups is 1. The van der Waals surface area contributed by atoms with Crippen LogP contribution in [0.25, 0.3) is 0 Å². The Morgan fingerprint density at radius 1 is 1.07 bits per heavy atom. The first-order valence-electron chi connectivity index (χ1n) is 11.1. The maximum atomic E-state index is 13.7. The molecule has 0 saturated heterocycles. The quantitative estimate of drug-likeness (QED) is 0.776. The number of hydrogen-bond acceptors (Lipinski definition) is 4. The van der Waals surface area contributed by atoms with Crippen LogP contribution in [0.4, 0.5) is 0 Å². The van der Waals surface area contributed by atoms with Gasteiger partial charge >= 0.3 is 0 Å². The second-order valence-corrected chi connectivity index (χ2v) is 8.68. The Kier molecular flexibility index (Phi) is 5.30. The lowest BCUT2D eigenvalue weighted by molar-refractivity contribution is -0.127. The molecule has 0 radical (unpaired) electrons. The zero-order chi connectivity index (χ0) is 20.5. The second kappa shape index (κ2) is 8.23. The summed E-state index contributed by atoms with van der Waals surface area (Å²) in [6.45, 7) is 7.77. The molecule has 156 valence electrons. The van der Waals surface area contributed by atoms with E-state index >= 15 is 0 Å². The number of allylic oxidation sites excluding steroid dienone is 2. The van der Waals surface area contributed by atoms with Gasteiger partial charge in [-0.3, -0.25) is 14.7 Å². The highest BCUT2D eigenvalue weighted by atomic mass is 16.2. The lowest BCUT2D eigenvalue weighted by Crippen LogP contribution is -2.40. The fraction of sp³-hybridized carbons (Fsp3) is 0.440. The van der Waals surface area contributed by atoms with Crippen LogP contribution in [-0.4, -0.2) is 65.7 Å². The summed E-state index contributed by atoms with van der Waals surface area (Å²) in [7, 11) is 0. The SMILES string of the molecule is Cc1ccccc1CN1CC2=NCCN2C2=C(CN(CC3=CCCC=C3)CC2)C1=O. The minimum absolute atomic E-state index is 0.184. The molecule has 0 bridgehead atoms. The van der Waals surface area contributed by atoms with Gasteiger partial charge in [0.05, 0.1) is 18.7 Å².